The van der Waals surface area contributed by atoms with Crippen molar-refractivity contribution in [3.05, 3.63) is 0 Å². The molecule has 0 N–H and O–H groups in total. The molecule has 0 aromatic heterocycles. The summed E-state index contributed by atoms with van der Waals surface area (Å²) in [5, 5.41) is 9.27. The molecule has 0 heterocycles. The second-order valence-electron chi connectivity index (χ2n) is 5.24. The van der Waals surface area contributed by atoms with Crippen LogP contribution in [0, 0.1) is 22.7 Å². The van der Waals surface area contributed by atoms with E-state index in [1.54, 1.807) is 6.92 Å². The second kappa shape index (κ2) is 6.55. The molecular weight excluding hydrogens is 244 g/mol. The number of carbonyl (C=O) groups excluding carboxylic acids is 2. The fourth-order valence-corrected chi connectivity index (χ4v) is 2.63. The summed E-state index contributed by atoms with van der Waals surface area (Å²) in [7, 11) is 0. The van der Waals surface area contributed by atoms with E-state index in [4.69, 9.17) is 4.74 Å². The van der Waals surface area contributed by atoms with Gasteiger partial charge in [-0.25, -0.2) is 0 Å². The maximum atomic E-state index is 12.4. The minimum Gasteiger partial charge on any atom is -0.465 e. The van der Waals surface area contributed by atoms with E-state index in [9.17, 15) is 14.9 Å². The zero-order chi connectivity index (χ0) is 14.5. The van der Waals surface area contributed by atoms with Crippen molar-refractivity contribution < 1.29 is 14.3 Å². The molecular formula is C14H22N2O3. The highest BCUT2D eigenvalue weighted by molar-refractivity contribution is 5.89. The Kier molecular flexibility index (Phi) is 5.34. The van der Waals surface area contributed by atoms with Crippen molar-refractivity contribution in [3.8, 4) is 6.07 Å². The molecule has 0 bridgehead atoms. The third-order valence-corrected chi connectivity index (χ3v) is 3.42. The summed E-state index contributed by atoms with van der Waals surface area (Å²) in [6, 6.07) is 2.15. The molecule has 1 aliphatic rings. The Morgan fingerprint density at radius 3 is 2.47 bits per heavy atom. The van der Waals surface area contributed by atoms with Crippen molar-refractivity contribution in [2.24, 2.45) is 11.3 Å². The maximum absolute atomic E-state index is 12.4. The number of hydrogen-bond donors (Lipinski definition) is 0. The van der Waals surface area contributed by atoms with Crippen LogP contribution in [0.15, 0.2) is 0 Å². The number of nitrogens with zero attached hydrogens (tertiary/aromatic N) is 2. The lowest BCUT2D eigenvalue weighted by atomic mass is 9.62. The number of rotatable bonds is 6. The number of esters is 1. The molecule has 0 saturated heterocycles. The molecule has 0 aliphatic heterocycles. The van der Waals surface area contributed by atoms with Gasteiger partial charge in [0.2, 0.25) is 5.91 Å². The molecule has 5 heteroatoms. The quantitative estimate of drug-likeness (QED) is 0.686. The van der Waals surface area contributed by atoms with Crippen molar-refractivity contribution in [1.29, 1.82) is 5.26 Å². The molecule has 5 nitrogen and oxygen atoms in total. The van der Waals surface area contributed by atoms with Gasteiger partial charge in [-0.3, -0.25) is 9.59 Å². The minimum atomic E-state index is -0.916. The molecule has 0 radical (unpaired) electrons. The molecule has 1 rings (SSSR count). The topological polar surface area (TPSA) is 70.4 Å². The molecule has 0 atom stereocenters. The minimum absolute atomic E-state index is 0.0572. The average molecular weight is 266 g/mol. The largest absolute Gasteiger partial charge is 0.465 e. The Morgan fingerprint density at radius 1 is 1.42 bits per heavy atom. The predicted octanol–water partition coefficient (Wildman–Crippen LogP) is 1.73. The molecule has 0 spiro atoms. The molecule has 0 aromatic rings. The molecule has 0 aromatic carbocycles. The first-order valence-corrected chi connectivity index (χ1v) is 6.85. The zero-order valence-corrected chi connectivity index (χ0v) is 11.9. The third-order valence-electron chi connectivity index (χ3n) is 3.42. The normalized spacial score (nSPS) is 25.1. The highest BCUT2D eigenvalue weighted by atomic mass is 16.5. The van der Waals surface area contributed by atoms with Gasteiger partial charge >= 0.3 is 5.97 Å². The highest BCUT2D eigenvalue weighted by Gasteiger charge is 2.50. The summed E-state index contributed by atoms with van der Waals surface area (Å²) >= 11 is 0. The fraction of sp³-hybridized carbons (Fsp3) is 0.786. The Bertz CT molecular complexity index is 381. The lowest BCUT2D eigenvalue weighted by Gasteiger charge is -2.42. The zero-order valence-electron chi connectivity index (χ0n) is 11.9. The summed E-state index contributed by atoms with van der Waals surface area (Å²) in [5.41, 5.74) is -0.916. The number of ether oxygens (including phenoxy) is 1. The first kappa shape index (κ1) is 15.5. The molecule has 19 heavy (non-hydrogen) atoms. The van der Waals surface area contributed by atoms with Crippen LogP contribution in [-0.2, 0) is 14.3 Å². The van der Waals surface area contributed by atoms with Crippen LogP contribution in [0.25, 0.3) is 0 Å². The van der Waals surface area contributed by atoms with Gasteiger partial charge in [0, 0.05) is 6.54 Å². The lowest BCUT2D eigenvalue weighted by Crippen LogP contribution is -2.51. The Morgan fingerprint density at radius 2 is 2.05 bits per heavy atom. The van der Waals surface area contributed by atoms with Crippen molar-refractivity contribution in [2.75, 3.05) is 19.7 Å². The molecule has 0 unspecified atom stereocenters. The summed E-state index contributed by atoms with van der Waals surface area (Å²) in [5.74, 6) is -0.234. The SMILES string of the molecule is CCCN(CC(=O)OCC)C(=O)C1(C#N)CC(C)C1. The van der Waals surface area contributed by atoms with Gasteiger partial charge in [-0.15, -0.1) is 0 Å². The first-order valence-electron chi connectivity index (χ1n) is 6.85. The van der Waals surface area contributed by atoms with Crippen molar-refractivity contribution in [1.82, 2.24) is 4.90 Å². The number of hydrogen-bond acceptors (Lipinski definition) is 4. The molecule has 1 saturated carbocycles. The van der Waals surface area contributed by atoms with Gasteiger partial charge in [-0.2, -0.15) is 5.26 Å². The van der Waals surface area contributed by atoms with Gasteiger partial charge < -0.3 is 9.64 Å². The van der Waals surface area contributed by atoms with Crippen LogP contribution in [0.4, 0.5) is 0 Å². The summed E-state index contributed by atoms with van der Waals surface area (Å²) < 4.78 is 4.87. The van der Waals surface area contributed by atoms with Crippen LogP contribution in [0.5, 0.6) is 0 Å². The van der Waals surface area contributed by atoms with E-state index in [0.29, 0.717) is 31.9 Å². The van der Waals surface area contributed by atoms with E-state index < -0.39 is 11.4 Å². The van der Waals surface area contributed by atoms with Gasteiger partial charge in [0.05, 0.1) is 12.7 Å². The summed E-state index contributed by atoms with van der Waals surface area (Å²) in [6.07, 6.45) is 1.93. The highest BCUT2D eigenvalue weighted by Crippen LogP contribution is 2.46. The summed E-state index contributed by atoms with van der Waals surface area (Å²) in [6.45, 7) is 6.42. The number of carbonyl (C=O) groups is 2. The number of nitriles is 1. The Balaban J connectivity index is 2.73. The summed E-state index contributed by atoms with van der Waals surface area (Å²) in [4.78, 5) is 25.4. The van der Waals surface area contributed by atoms with Crippen LogP contribution in [-0.4, -0.2) is 36.5 Å². The van der Waals surface area contributed by atoms with Crippen LogP contribution >= 0.6 is 0 Å². The Labute approximate surface area is 114 Å². The van der Waals surface area contributed by atoms with E-state index in [0.717, 1.165) is 6.42 Å². The van der Waals surface area contributed by atoms with Crippen molar-refractivity contribution >= 4 is 11.9 Å². The van der Waals surface area contributed by atoms with E-state index in [1.807, 2.05) is 13.8 Å². The fourth-order valence-electron chi connectivity index (χ4n) is 2.63. The molecule has 1 fully saturated rings. The average Bonchev–Trinajstić information content (AvgIpc) is 2.33. The standard InChI is InChI=1S/C14H22N2O3/c1-4-6-16(9-12(17)19-5-2)13(18)14(10-15)7-11(3)8-14/h11H,4-9H2,1-3H3. The maximum Gasteiger partial charge on any atom is 0.325 e. The van der Waals surface area contributed by atoms with Crippen LogP contribution in [0.3, 0.4) is 0 Å². The van der Waals surface area contributed by atoms with E-state index in [-0.39, 0.29) is 12.5 Å². The molecule has 106 valence electrons. The van der Waals surface area contributed by atoms with Crippen LogP contribution < -0.4 is 0 Å². The predicted molar refractivity (Wildman–Crippen MR) is 69.9 cm³/mol. The third kappa shape index (κ3) is 3.46. The number of amides is 1. The molecule has 1 amide bonds. The lowest BCUT2D eigenvalue weighted by molar-refractivity contribution is -0.154. The van der Waals surface area contributed by atoms with Crippen molar-refractivity contribution in [2.45, 2.75) is 40.0 Å². The molecule has 1 aliphatic carbocycles. The first-order chi connectivity index (χ1) is 8.99. The van der Waals surface area contributed by atoms with Crippen molar-refractivity contribution in [3.63, 3.8) is 0 Å². The van der Waals surface area contributed by atoms with E-state index in [1.165, 1.54) is 4.90 Å². The van der Waals surface area contributed by atoms with Crippen LogP contribution in [0.1, 0.15) is 40.0 Å². The van der Waals surface area contributed by atoms with Gasteiger partial charge in [0.1, 0.15) is 12.0 Å². The smallest absolute Gasteiger partial charge is 0.325 e. The van der Waals surface area contributed by atoms with E-state index in [2.05, 4.69) is 6.07 Å². The van der Waals surface area contributed by atoms with Gasteiger partial charge in [-0.1, -0.05) is 13.8 Å². The van der Waals surface area contributed by atoms with Gasteiger partial charge in [-0.05, 0) is 32.1 Å². The second-order valence-corrected chi connectivity index (χ2v) is 5.24. The van der Waals surface area contributed by atoms with Gasteiger partial charge in [0.25, 0.3) is 0 Å². The van der Waals surface area contributed by atoms with Gasteiger partial charge in [0.15, 0.2) is 0 Å². The van der Waals surface area contributed by atoms with E-state index >= 15 is 0 Å². The Hall–Kier alpha value is -1.57. The monoisotopic (exact) mass is 266 g/mol. The van der Waals surface area contributed by atoms with Crippen LogP contribution in [0.2, 0.25) is 0 Å².